The maximum absolute atomic E-state index is 10.6. The van der Waals surface area contributed by atoms with Crippen molar-refractivity contribution >= 4 is 10.1 Å². The fourth-order valence-corrected chi connectivity index (χ4v) is 2.65. The summed E-state index contributed by atoms with van der Waals surface area (Å²) in [7, 11) is -4.18. The zero-order chi connectivity index (χ0) is 14.1. The van der Waals surface area contributed by atoms with E-state index in [-0.39, 0.29) is 25.4 Å². The maximum atomic E-state index is 10.6. The largest absolute Gasteiger partial charge is 0.748 e. The summed E-state index contributed by atoms with van der Waals surface area (Å²) < 4.78 is 32.2. The van der Waals surface area contributed by atoms with Crippen LogP contribution in [0, 0.1) is 0 Å². The molecular weight excluding hydrogens is 258 g/mol. The maximum Gasteiger partial charge on any atom is 0.102 e. The van der Waals surface area contributed by atoms with Crippen LogP contribution in [0.3, 0.4) is 0 Å². The Hall–Kier alpha value is -0.210. The van der Waals surface area contributed by atoms with Gasteiger partial charge in [0.15, 0.2) is 0 Å². The van der Waals surface area contributed by atoms with Gasteiger partial charge in [0.2, 0.25) is 0 Å². The summed E-state index contributed by atoms with van der Waals surface area (Å²) in [4.78, 5) is 0. The molecule has 7 heteroatoms. The summed E-state index contributed by atoms with van der Waals surface area (Å²) in [6, 6.07) is 0. The lowest BCUT2D eigenvalue weighted by atomic mass is 10.2. The second-order valence-corrected chi connectivity index (χ2v) is 6.18. The fraction of sp³-hybridized carbons (Fsp3) is 1.00. The molecule has 0 bridgehead atoms. The molecule has 0 aliphatic heterocycles. The van der Waals surface area contributed by atoms with Gasteiger partial charge in [0, 0.05) is 12.2 Å². The van der Waals surface area contributed by atoms with Crippen molar-refractivity contribution in [3.8, 4) is 0 Å². The molecule has 0 aromatic heterocycles. The Kier molecular flexibility index (Phi) is 8.71. The van der Waals surface area contributed by atoms with E-state index in [9.17, 15) is 13.0 Å². The molecule has 0 aliphatic carbocycles. The lowest BCUT2D eigenvalue weighted by Gasteiger charge is -2.38. The zero-order valence-corrected chi connectivity index (χ0v) is 11.9. The Labute approximate surface area is 110 Å². The molecule has 0 heterocycles. The molecule has 110 valence electrons. The number of rotatable bonds is 11. The van der Waals surface area contributed by atoms with Crippen molar-refractivity contribution in [1.29, 1.82) is 0 Å². The van der Waals surface area contributed by atoms with Gasteiger partial charge in [-0.2, -0.15) is 0 Å². The van der Waals surface area contributed by atoms with E-state index >= 15 is 0 Å². The molecule has 18 heavy (non-hydrogen) atoms. The highest BCUT2D eigenvalue weighted by molar-refractivity contribution is 7.85. The number of unbranched alkanes of at least 4 members (excludes halogenated alkanes) is 1. The van der Waals surface area contributed by atoms with Crippen LogP contribution in [0.15, 0.2) is 0 Å². The van der Waals surface area contributed by atoms with Gasteiger partial charge in [-0.05, 0) is 6.42 Å². The van der Waals surface area contributed by atoms with Crippen molar-refractivity contribution < 1.29 is 27.7 Å². The van der Waals surface area contributed by atoms with Gasteiger partial charge in [-0.25, -0.2) is 8.42 Å². The Morgan fingerprint density at radius 2 is 1.50 bits per heavy atom. The summed E-state index contributed by atoms with van der Waals surface area (Å²) >= 11 is 0. The molecule has 0 aliphatic rings. The molecule has 0 unspecified atom stereocenters. The third-order valence-corrected chi connectivity index (χ3v) is 3.95. The molecule has 6 nitrogen and oxygen atoms in total. The van der Waals surface area contributed by atoms with Crippen molar-refractivity contribution in [2.45, 2.75) is 26.2 Å². The third kappa shape index (κ3) is 7.99. The van der Waals surface area contributed by atoms with E-state index in [0.717, 1.165) is 19.4 Å². The summed E-state index contributed by atoms with van der Waals surface area (Å²) in [6.07, 6.45) is 2.22. The van der Waals surface area contributed by atoms with Crippen LogP contribution < -0.4 is 0 Å². The van der Waals surface area contributed by atoms with Crippen LogP contribution in [0.4, 0.5) is 0 Å². The predicted molar refractivity (Wildman–Crippen MR) is 68.0 cm³/mol. The Morgan fingerprint density at radius 3 is 1.89 bits per heavy atom. The van der Waals surface area contributed by atoms with Gasteiger partial charge in [-0.1, -0.05) is 13.3 Å². The minimum Gasteiger partial charge on any atom is -0.748 e. The predicted octanol–water partition coefficient (Wildman–Crippen LogP) is -0.477. The van der Waals surface area contributed by atoms with E-state index in [0.29, 0.717) is 24.1 Å². The monoisotopic (exact) mass is 283 g/mol. The lowest BCUT2D eigenvalue weighted by Crippen LogP contribution is -2.53. The number of quaternary nitrogens is 1. The van der Waals surface area contributed by atoms with Crippen LogP contribution in [0.5, 0.6) is 0 Å². The van der Waals surface area contributed by atoms with Gasteiger partial charge in [-0.15, -0.1) is 0 Å². The minimum absolute atomic E-state index is 0.00611. The molecular formula is C11H25NO5S. The topological polar surface area (TPSA) is 97.7 Å². The molecule has 0 aromatic carbocycles. The van der Waals surface area contributed by atoms with Crippen LogP contribution in [0.1, 0.15) is 26.2 Å². The summed E-state index contributed by atoms with van der Waals surface area (Å²) in [5.41, 5.74) is 0. The molecule has 0 atom stereocenters. The molecule has 0 aromatic rings. The first-order valence-electron chi connectivity index (χ1n) is 6.39. The number of aliphatic hydroxyl groups excluding tert-OH is 2. The molecule has 0 fully saturated rings. The third-order valence-electron chi connectivity index (χ3n) is 3.16. The van der Waals surface area contributed by atoms with E-state index in [2.05, 4.69) is 6.92 Å². The van der Waals surface area contributed by atoms with Crippen molar-refractivity contribution in [3.63, 3.8) is 0 Å². The highest BCUT2D eigenvalue weighted by Gasteiger charge is 2.25. The van der Waals surface area contributed by atoms with E-state index in [1.807, 2.05) is 0 Å². The van der Waals surface area contributed by atoms with Crippen LogP contribution in [-0.4, -0.2) is 72.8 Å². The van der Waals surface area contributed by atoms with Crippen LogP contribution >= 0.6 is 0 Å². The molecule has 0 radical (unpaired) electrons. The minimum atomic E-state index is -4.18. The zero-order valence-electron chi connectivity index (χ0n) is 11.0. The Morgan fingerprint density at radius 1 is 1.00 bits per heavy atom. The van der Waals surface area contributed by atoms with Gasteiger partial charge < -0.3 is 19.2 Å². The molecule has 0 spiro atoms. The fourth-order valence-electron chi connectivity index (χ4n) is 2.17. The Balaban J connectivity index is 4.49. The van der Waals surface area contributed by atoms with Crippen molar-refractivity contribution in [2.24, 2.45) is 0 Å². The summed E-state index contributed by atoms with van der Waals surface area (Å²) in [5.74, 6) is -0.379. The van der Waals surface area contributed by atoms with Crippen molar-refractivity contribution in [2.75, 3.05) is 45.1 Å². The first kappa shape index (κ1) is 17.8. The molecule has 2 N–H and O–H groups in total. The second-order valence-electron chi connectivity index (χ2n) is 4.65. The standard InChI is InChI=1S/C11H25NO5S/c1-2-3-5-12(7-9-13,8-10-14)6-4-11-18(15,16)17/h13-14H,2-11H2,1H3. The molecule has 0 rings (SSSR count). The average molecular weight is 283 g/mol. The summed E-state index contributed by atoms with van der Waals surface area (Å²) in [6.45, 7) is 4.30. The SMILES string of the molecule is CCCC[N+](CCO)(CCO)CCCS(=O)(=O)[O-]. The normalized spacial score (nSPS) is 12.9. The van der Waals surface area contributed by atoms with Crippen molar-refractivity contribution in [1.82, 2.24) is 0 Å². The molecule has 0 saturated heterocycles. The second kappa shape index (κ2) is 8.82. The quantitative estimate of drug-likeness (QED) is 0.394. The van der Waals surface area contributed by atoms with Gasteiger partial charge in [0.05, 0.1) is 36.4 Å². The highest BCUT2D eigenvalue weighted by Crippen LogP contribution is 2.11. The lowest BCUT2D eigenvalue weighted by molar-refractivity contribution is -0.928. The van der Waals surface area contributed by atoms with E-state index in [1.165, 1.54) is 0 Å². The van der Waals surface area contributed by atoms with Crippen LogP contribution in [0.2, 0.25) is 0 Å². The highest BCUT2D eigenvalue weighted by atomic mass is 32.2. The first-order valence-corrected chi connectivity index (χ1v) is 7.97. The number of hydrogen-bond acceptors (Lipinski definition) is 5. The van der Waals surface area contributed by atoms with Gasteiger partial charge in [-0.3, -0.25) is 0 Å². The van der Waals surface area contributed by atoms with Crippen LogP contribution in [-0.2, 0) is 10.1 Å². The van der Waals surface area contributed by atoms with E-state index < -0.39 is 10.1 Å². The number of hydrogen-bond donors (Lipinski definition) is 2. The van der Waals surface area contributed by atoms with Crippen LogP contribution in [0.25, 0.3) is 0 Å². The summed E-state index contributed by atoms with van der Waals surface area (Å²) in [5, 5.41) is 18.2. The van der Waals surface area contributed by atoms with Gasteiger partial charge >= 0.3 is 0 Å². The van der Waals surface area contributed by atoms with E-state index in [4.69, 9.17) is 10.2 Å². The smallest absolute Gasteiger partial charge is 0.102 e. The van der Waals surface area contributed by atoms with E-state index in [1.54, 1.807) is 0 Å². The number of aliphatic hydroxyl groups is 2. The molecule has 0 saturated carbocycles. The van der Waals surface area contributed by atoms with Crippen molar-refractivity contribution in [3.05, 3.63) is 0 Å². The first-order chi connectivity index (χ1) is 8.39. The number of nitrogens with zero attached hydrogens (tertiary/aromatic N) is 1. The Bertz CT molecular complexity index is 299. The average Bonchev–Trinajstić information content (AvgIpc) is 2.25. The van der Waals surface area contributed by atoms with Gasteiger partial charge in [0.1, 0.15) is 13.1 Å². The molecule has 0 amide bonds. The van der Waals surface area contributed by atoms with Gasteiger partial charge in [0.25, 0.3) is 0 Å².